The predicted octanol–water partition coefficient (Wildman–Crippen LogP) is 1.56. The number of hydrogen-bond acceptors (Lipinski definition) is 5. The second-order valence-electron chi connectivity index (χ2n) is 4.56. The van der Waals surface area contributed by atoms with Gasteiger partial charge < -0.3 is 14.3 Å². The Hall–Kier alpha value is -1.69. The Bertz CT molecular complexity index is 531. The van der Waals surface area contributed by atoms with Gasteiger partial charge >= 0.3 is 0 Å². The van der Waals surface area contributed by atoms with Crippen molar-refractivity contribution in [3.63, 3.8) is 0 Å². The molecule has 108 valence electrons. The van der Waals surface area contributed by atoms with E-state index in [0.717, 1.165) is 5.39 Å². The van der Waals surface area contributed by atoms with Gasteiger partial charge in [-0.25, -0.2) is 0 Å². The number of furan rings is 1. The number of aliphatic hydroxyl groups excluding tert-OH is 1. The molecule has 0 amide bonds. The zero-order valence-corrected chi connectivity index (χ0v) is 11.5. The number of carbonyl (C=O) groups is 1. The second-order valence-corrected chi connectivity index (χ2v) is 4.56. The maximum absolute atomic E-state index is 12.2. The van der Waals surface area contributed by atoms with E-state index in [-0.39, 0.29) is 18.9 Å². The lowest BCUT2D eigenvalue weighted by atomic mass is 10.2. The minimum atomic E-state index is -0.0919. The highest BCUT2D eigenvalue weighted by Gasteiger charge is 2.16. The lowest BCUT2D eigenvalue weighted by Crippen LogP contribution is -2.34. The van der Waals surface area contributed by atoms with Gasteiger partial charge in [0.2, 0.25) is 5.78 Å². The van der Waals surface area contributed by atoms with Gasteiger partial charge in [0.25, 0.3) is 0 Å². The van der Waals surface area contributed by atoms with Gasteiger partial charge in [0.1, 0.15) is 5.58 Å². The molecule has 0 aliphatic heterocycles. The summed E-state index contributed by atoms with van der Waals surface area (Å²) in [5.74, 6) is 0.261. The molecule has 5 nitrogen and oxygen atoms in total. The van der Waals surface area contributed by atoms with Crippen molar-refractivity contribution >= 4 is 16.8 Å². The van der Waals surface area contributed by atoms with Crippen LogP contribution in [0, 0.1) is 0 Å². The summed E-state index contributed by atoms with van der Waals surface area (Å²) in [5.41, 5.74) is 0.710. The molecule has 0 atom stereocenters. The zero-order chi connectivity index (χ0) is 14.4. The molecule has 0 spiro atoms. The normalized spacial score (nSPS) is 11.3. The van der Waals surface area contributed by atoms with Crippen LogP contribution in [0.5, 0.6) is 0 Å². The third-order valence-electron chi connectivity index (χ3n) is 3.10. The Morgan fingerprint density at radius 3 is 2.85 bits per heavy atom. The summed E-state index contributed by atoms with van der Waals surface area (Å²) in [7, 11) is 1.61. The third kappa shape index (κ3) is 3.66. The van der Waals surface area contributed by atoms with Crippen LogP contribution in [0.25, 0.3) is 11.0 Å². The van der Waals surface area contributed by atoms with Crippen LogP contribution in [0.2, 0.25) is 0 Å². The Labute approximate surface area is 117 Å². The summed E-state index contributed by atoms with van der Waals surface area (Å²) in [6.45, 7) is 1.78. The maximum Gasteiger partial charge on any atom is 0.211 e. The molecule has 0 aliphatic rings. The number of hydrogen-bond donors (Lipinski definition) is 1. The number of ether oxygens (including phenoxy) is 1. The van der Waals surface area contributed by atoms with Crippen LogP contribution < -0.4 is 0 Å². The van der Waals surface area contributed by atoms with E-state index in [1.807, 2.05) is 29.2 Å². The predicted molar refractivity (Wildman–Crippen MR) is 75.9 cm³/mol. The van der Waals surface area contributed by atoms with Gasteiger partial charge in [0.15, 0.2) is 5.76 Å². The summed E-state index contributed by atoms with van der Waals surface area (Å²) >= 11 is 0. The highest BCUT2D eigenvalue weighted by atomic mass is 16.5. The van der Waals surface area contributed by atoms with Crippen LogP contribution in [0.15, 0.2) is 34.7 Å². The van der Waals surface area contributed by atoms with Crippen molar-refractivity contribution in [2.75, 3.05) is 40.0 Å². The monoisotopic (exact) mass is 277 g/mol. The van der Waals surface area contributed by atoms with Gasteiger partial charge in [-0.3, -0.25) is 9.69 Å². The number of aliphatic hydroxyl groups is 1. The van der Waals surface area contributed by atoms with Crippen molar-refractivity contribution in [1.82, 2.24) is 4.90 Å². The number of fused-ring (bicyclic) bond motifs is 1. The fourth-order valence-electron chi connectivity index (χ4n) is 2.03. The van der Waals surface area contributed by atoms with Gasteiger partial charge in [-0.1, -0.05) is 18.2 Å². The molecule has 2 rings (SSSR count). The molecule has 0 saturated carbocycles. The first kappa shape index (κ1) is 14.7. The lowest BCUT2D eigenvalue weighted by Gasteiger charge is -2.19. The van der Waals surface area contributed by atoms with Gasteiger partial charge in [-0.2, -0.15) is 0 Å². The zero-order valence-electron chi connectivity index (χ0n) is 11.5. The van der Waals surface area contributed by atoms with Crippen LogP contribution >= 0.6 is 0 Å². The van der Waals surface area contributed by atoms with E-state index < -0.39 is 0 Å². The molecule has 2 aromatic rings. The van der Waals surface area contributed by atoms with Crippen LogP contribution in [0.1, 0.15) is 10.6 Å². The summed E-state index contributed by atoms with van der Waals surface area (Å²) in [5, 5.41) is 9.93. The number of Topliss-reactive ketones (excluding diaryl/α,β-unsaturated/α-hetero) is 1. The highest BCUT2D eigenvalue weighted by Crippen LogP contribution is 2.19. The second kappa shape index (κ2) is 7.19. The van der Waals surface area contributed by atoms with Crippen molar-refractivity contribution in [3.05, 3.63) is 36.1 Å². The van der Waals surface area contributed by atoms with Crippen LogP contribution in [0.4, 0.5) is 0 Å². The SMILES string of the molecule is COCCN(CCO)CC(=O)c1cc2ccccc2o1. The number of rotatable bonds is 8. The van der Waals surface area contributed by atoms with Gasteiger partial charge in [0, 0.05) is 25.6 Å². The first-order chi connectivity index (χ1) is 9.74. The van der Waals surface area contributed by atoms with E-state index in [9.17, 15) is 4.79 Å². The Kier molecular flexibility index (Phi) is 5.29. The van der Waals surface area contributed by atoms with Gasteiger partial charge in [-0.15, -0.1) is 0 Å². The fraction of sp³-hybridized carbons (Fsp3) is 0.400. The molecular weight excluding hydrogens is 258 g/mol. The number of methoxy groups -OCH3 is 1. The molecule has 0 radical (unpaired) electrons. The standard InChI is InChI=1S/C15H19NO4/c1-19-9-7-16(6-8-17)11-13(18)15-10-12-4-2-3-5-14(12)20-15/h2-5,10,17H,6-9,11H2,1H3. The topological polar surface area (TPSA) is 62.9 Å². The molecule has 0 saturated heterocycles. The van der Waals surface area contributed by atoms with Crippen molar-refractivity contribution in [3.8, 4) is 0 Å². The summed E-state index contributed by atoms with van der Waals surface area (Å²) in [6.07, 6.45) is 0. The largest absolute Gasteiger partial charge is 0.453 e. The Morgan fingerprint density at radius 2 is 2.15 bits per heavy atom. The van der Waals surface area contributed by atoms with Crippen molar-refractivity contribution in [2.45, 2.75) is 0 Å². The average molecular weight is 277 g/mol. The van der Waals surface area contributed by atoms with Crippen LogP contribution in [-0.4, -0.2) is 55.7 Å². The number of ketones is 1. The number of carbonyl (C=O) groups excluding carboxylic acids is 1. The van der Waals surface area contributed by atoms with E-state index in [2.05, 4.69) is 0 Å². The summed E-state index contributed by atoms with van der Waals surface area (Å²) < 4.78 is 10.5. The van der Waals surface area contributed by atoms with E-state index in [4.69, 9.17) is 14.3 Å². The van der Waals surface area contributed by atoms with Crippen molar-refractivity contribution in [2.24, 2.45) is 0 Å². The number of benzene rings is 1. The van der Waals surface area contributed by atoms with E-state index in [1.165, 1.54) is 0 Å². The molecule has 0 fully saturated rings. The smallest absolute Gasteiger partial charge is 0.211 e. The van der Waals surface area contributed by atoms with Gasteiger partial charge in [0.05, 0.1) is 19.8 Å². The van der Waals surface area contributed by atoms with Crippen LogP contribution in [-0.2, 0) is 4.74 Å². The van der Waals surface area contributed by atoms with Crippen LogP contribution in [0.3, 0.4) is 0 Å². The van der Waals surface area contributed by atoms with Crippen molar-refractivity contribution in [1.29, 1.82) is 0 Å². The fourth-order valence-corrected chi connectivity index (χ4v) is 2.03. The Morgan fingerprint density at radius 1 is 1.35 bits per heavy atom. The molecule has 0 bridgehead atoms. The molecule has 0 aliphatic carbocycles. The molecular formula is C15H19NO4. The molecule has 1 heterocycles. The van der Waals surface area contributed by atoms with Gasteiger partial charge in [-0.05, 0) is 12.1 Å². The first-order valence-electron chi connectivity index (χ1n) is 6.58. The summed E-state index contributed by atoms with van der Waals surface area (Å²) in [6, 6.07) is 9.28. The molecule has 0 unspecified atom stereocenters. The van der Waals surface area contributed by atoms with E-state index in [1.54, 1.807) is 13.2 Å². The number of para-hydroxylation sites is 1. The summed E-state index contributed by atoms with van der Waals surface area (Å²) in [4.78, 5) is 14.1. The third-order valence-corrected chi connectivity index (χ3v) is 3.10. The number of nitrogens with zero attached hydrogens (tertiary/aromatic N) is 1. The minimum Gasteiger partial charge on any atom is -0.453 e. The highest BCUT2D eigenvalue weighted by molar-refractivity contribution is 5.98. The molecule has 1 N–H and O–H groups in total. The van der Waals surface area contributed by atoms with Crippen molar-refractivity contribution < 1.29 is 19.1 Å². The quantitative estimate of drug-likeness (QED) is 0.742. The molecule has 1 aromatic carbocycles. The molecule has 20 heavy (non-hydrogen) atoms. The van der Waals surface area contributed by atoms with E-state index >= 15 is 0 Å². The molecule has 5 heteroatoms. The Balaban J connectivity index is 2.05. The average Bonchev–Trinajstić information content (AvgIpc) is 2.89. The first-order valence-corrected chi connectivity index (χ1v) is 6.58. The maximum atomic E-state index is 12.2. The minimum absolute atomic E-state index is 0.0110. The lowest BCUT2D eigenvalue weighted by molar-refractivity contribution is 0.0845. The molecule has 1 aromatic heterocycles. The van der Waals surface area contributed by atoms with E-state index in [0.29, 0.717) is 31.0 Å².